The van der Waals surface area contributed by atoms with Crippen molar-refractivity contribution in [2.45, 2.75) is 77.7 Å². The second-order valence-corrected chi connectivity index (χ2v) is 10.7. The number of fused-ring (bicyclic) bond motifs is 5. The molecule has 2 nitrogen and oxygen atoms in total. The summed E-state index contributed by atoms with van der Waals surface area (Å²) in [6.07, 6.45) is 11.8. The van der Waals surface area contributed by atoms with E-state index in [2.05, 4.69) is 56.0 Å². The zero-order valence-electron chi connectivity index (χ0n) is 19.1. The minimum Gasteiger partial charge on any atom is -0.377 e. The molecule has 4 aliphatic carbocycles. The van der Waals surface area contributed by atoms with Crippen LogP contribution in [0.4, 0.5) is 0 Å². The van der Waals surface area contributed by atoms with Gasteiger partial charge in [0.1, 0.15) is 5.60 Å². The number of rotatable bonds is 2. The Bertz CT molecular complexity index is 1030. The van der Waals surface area contributed by atoms with Crippen LogP contribution in [0.15, 0.2) is 47.6 Å². The predicted molar refractivity (Wildman–Crippen MR) is 124 cm³/mol. The molecule has 2 heteroatoms. The summed E-state index contributed by atoms with van der Waals surface area (Å²) in [7, 11) is 0. The van der Waals surface area contributed by atoms with E-state index in [9.17, 15) is 9.90 Å². The summed E-state index contributed by atoms with van der Waals surface area (Å²) in [6.45, 7) is 6.24. The molecule has 0 radical (unpaired) electrons. The molecule has 0 bridgehead atoms. The lowest BCUT2D eigenvalue weighted by Gasteiger charge is -2.55. The van der Waals surface area contributed by atoms with E-state index in [0.717, 1.165) is 44.9 Å². The van der Waals surface area contributed by atoms with Crippen LogP contribution < -0.4 is 0 Å². The molecule has 31 heavy (non-hydrogen) atoms. The normalized spacial score (nSPS) is 38.8. The number of ketones is 1. The highest BCUT2D eigenvalue weighted by molar-refractivity contribution is 5.92. The first kappa shape index (κ1) is 20.8. The van der Waals surface area contributed by atoms with Crippen molar-refractivity contribution in [3.05, 3.63) is 58.7 Å². The van der Waals surface area contributed by atoms with Gasteiger partial charge in [0.2, 0.25) is 0 Å². The van der Waals surface area contributed by atoms with Crippen molar-refractivity contribution in [3.8, 4) is 11.8 Å². The van der Waals surface area contributed by atoms with Gasteiger partial charge < -0.3 is 5.11 Å². The number of carbonyl (C=O) groups is 1. The first-order valence-corrected chi connectivity index (χ1v) is 12.0. The molecule has 1 aromatic carbocycles. The third-order valence-electron chi connectivity index (χ3n) is 9.20. The predicted octanol–water partition coefficient (Wildman–Crippen LogP) is 5.72. The lowest BCUT2D eigenvalue weighted by Crippen LogP contribution is -2.51. The zero-order chi connectivity index (χ0) is 21.9. The number of benzene rings is 1. The zero-order valence-corrected chi connectivity index (χ0v) is 19.1. The number of carbonyl (C=O) groups excluding carboxylic acids is 1. The molecule has 0 spiro atoms. The summed E-state index contributed by atoms with van der Waals surface area (Å²) in [5, 5.41) is 11.5. The Balaban J connectivity index is 1.60. The molecule has 0 amide bonds. The summed E-state index contributed by atoms with van der Waals surface area (Å²) < 4.78 is 0. The van der Waals surface area contributed by atoms with Gasteiger partial charge in [-0.1, -0.05) is 59.9 Å². The summed E-state index contributed by atoms with van der Waals surface area (Å²) in [5.74, 6) is 7.45. The monoisotopic (exact) mass is 414 g/mol. The van der Waals surface area contributed by atoms with Gasteiger partial charge in [0.15, 0.2) is 5.78 Å². The highest BCUT2D eigenvalue weighted by Gasteiger charge is 2.62. The summed E-state index contributed by atoms with van der Waals surface area (Å²) in [4.78, 5) is 12.4. The van der Waals surface area contributed by atoms with Crippen LogP contribution >= 0.6 is 0 Å². The smallest absolute Gasteiger partial charge is 0.155 e. The molecular weight excluding hydrogens is 380 g/mol. The Morgan fingerprint density at radius 3 is 2.65 bits per heavy atom. The highest BCUT2D eigenvalue weighted by atomic mass is 16.3. The molecule has 4 aliphatic rings. The number of aliphatic hydroxyl groups is 1. The van der Waals surface area contributed by atoms with Gasteiger partial charge in [-0.05, 0) is 82.3 Å². The largest absolute Gasteiger partial charge is 0.377 e. The van der Waals surface area contributed by atoms with Crippen molar-refractivity contribution < 1.29 is 9.90 Å². The number of aryl methyl sites for hydroxylation is 1. The van der Waals surface area contributed by atoms with E-state index in [0.29, 0.717) is 24.0 Å². The van der Waals surface area contributed by atoms with Gasteiger partial charge in [-0.15, -0.1) is 5.92 Å². The SMILES string of the molecule is CC#C[C@@]1(O)CC[C@@H]2[C@@H]3CCC4=CC(=O)CC[C@]4(Cc4ccc(C)cc4)C3=CC[C@@]21C. The first-order valence-electron chi connectivity index (χ1n) is 12.0. The van der Waals surface area contributed by atoms with Crippen molar-refractivity contribution in [2.24, 2.45) is 22.7 Å². The summed E-state index contributed by atoms with van der Waals surface area (Å²) in [6, 6.07) is 8.94. The Morgan fingerprint density at radius 2 is 1.90 bits per heavy atom. The number of hydrogen-bond acceptors (Lipinski definition) is 2. The minimum absolute atomic E-state index is 0.0233. The second kappa shape index (κ2) is 7.21. The Morgan fingerprint density at radius 1 is 1.13 bits per heavy atom. The van der Waals surface area contributed by atoms with Gasteiger partial charge in [-0.25, -0.2) is 0 Å². The van der Waals surface area contributed by atoms with E-state index < -0.39 is 5.60 Å². The Labute approximate surface area is 186 Å². The average Bonchev–Trinajstić information content (AvgIpc) is 3.01. The molecule has 5 atom stereocenters. The van der Waals surface area contributed by atoms with Crippen LogP contribution in [0.5, 0.6) is 0 Å². The van der Waals surface area contributed by atoms with Crippen molar-refractivity contribution in [1.82, 2.24) is 0 Å². The van der Waals surface area contributed by atoms with Crippen molar-refractivity contribution >= 4 is 5.78 Å². The molecule has 1 aromatic rings. The van der Waals surface area contributed by atoms with Crippen LogP contribution in [0.25, 0.3) is 0 Å². The average molecular weight is 415 g/mol. The van der Waals surface area contributed by atoms with E-state index in [-0.39, 0.29) is 10.8 Å². The summed E-state index contributed by atoms with van der Waals surface area (Å²) >= 11 is 0. The van der Waals surface area contributed by atoms with Crippen LogP contribution in [0, 0.1) is 41.4 Å². The molecule has 2 saturated carbocycles. The third kappa shape index (κ3) is 3.00. The molecule has 0 aliphatic heterocycles. The van der Waals surface area contributed by atoms with E-state index in [4.69, 9.17) is 0 Å². The van der Waals surface area contributed by atoms with Crippen LogP contribution in [0.2, 0.25) is 0 Å². The van der Waals surface area contributed by atoms with Crippen LogP contribution in [-0.4, -0.2) is 16.5 Å². The van der Waals surface area contributed by atoms with Crippen molar-refractivity contribution in [2.75, 3.05) is 0 Å². The second-order valence-electron chi connectivity index (χ2n) is 10.7. The quantitative estimate of drug-likeness (QED) is 0.496. The van der Waals surface area contributed by atoms with E-state index in [1.54, 1.807) is 5.57 Å². The van der Waals surface area contributed by atoms with Gasteiger partial charge >= 0.3 is 0 Å². The molecular formula is C29H34O2. The molecule has 2 fully saturated rings. The first-order chi connectivity index (χ1) is 14.8. The third-order valence-corrected chi connectivity index (χ3v) is 9.20. The minimum atomic E-state index is -0.878. The molecule has 1 N–H and O–H groups in total. The molecule has 0 saturated heterocycles. The maximum absolute atomic E-state index is 12.4. The van der Waals surface area contributed by atoms with Crippen LogP contribution in [0.1, 0.15) is 69.9 Å². The standard InChI is InChI=1S/C29H34O2/c1-4-14-29(31)17-13-25-24-10-9-22-18-23(30)11-16-28(22,26(24)12-15-27(25,29)3)19-21-7-5-20(2)6-8-21/h5-8,12,18,24-25,31H,9-11,13,15-17,19H2,1-3H3/t24-,25+,27-,28+,29+/m0/s1. The topological polar surface area (TPSA) is 37.3 Å². The molecule has 5 rings (SSSR count). The fourth-order valence-electron chi connectivity index (χ4n) is 7.46. The Kier molecular flexibility index (Phi) is 4.83. The number of hydrogen-bond donors (Lipinski definition) is 1. The Hall–Kier alpha value is -2.11. The van der Waals surface area contributed by atoms with Gasteiger partial charge in [0.05, 0.1) is 0 Å². The molecule has 0 aromatic heterocycles. The summed E-state index contributed by atoms with van der Waals surface area (Å²) in [5.41, 5.74) is 4.49. The van der Waals surface area contributed by atoms with Gasteiger partial charge in [0.25, 0.3) is 0 Å². The van der Waals surface area contributed by atoms with Gasteiger partial charge in [0, 0.05) is 17.3 Å². The molecule has 0 unspecified atom stereocenters. The lowest BCUT2D eigenvalue weighted by molar-refractivity contribution is -0.115. The van der Waals surface area contributed by atoms with Crippen LogP contribution in [0.3, 0.4) is 0 Å². The molecule has 162 valence electrons. The van der Waals surface area contributed by atoms with E-state index >= 15 is 0 Å². The maximum Gasteiger partial charge on any atom is 0.155 e. The fourth-order valence-corrected chi connectivity index (χ4v) is 7.46. The number of allylic oxidation sites excluding steroid dienone is 4. The maximum atomic E-state index is 12.4. The highest BCUT2D eigenvalue weighted by Crippen LogP contribution is 2.66. The van der Waals surface area contributed by atoms with Crippen LogP contribution in [-0.2, 0) is 11.2 Å². The van der Waals surface area contributed by atoms with Gasteiger partial charge in [-0.3, -0.25) is 4.79 Å². The van der Waals surface area contributed by atoms with Gasteiger partial charge in [-0.2, -0.15) is 0 Å². The van der Waals surface area contributed by atoms with Crippen molar-refractivity contribution in [1.29, 1.82) is 0 Å². The fraction of sp³-hybridized carbons (Fsp3) is 0.552. The lowest BCUT2D eigenvalue weighted by atomic mass is 9.49. The van der Waals surface area contributed by atoms with E-state index in [1.165, 1.54) is 16.7 Å². The molecule has 0 heterocycles. The van der Waals surface area contributed by atoms with E-state index in [1.807, 2.05) is 13.0 Å². The van der Waals surface area contributed by atoms with Crippen molar-refractivity contribution in [3.63, 3.8) is 0 Å².